The fraction of sp³-hybridized carbons (Fsp3) is 0.286. The number of aryl methyl sites for hydroxylation is 1. The van der Waals surface area contributed by atoms with Crippen LogP contribution < -0.4 is 4.74 Å². The predicted octanol–water partition coefficient (Wildman–Crippen LogP) is 6.23. The van der Waals surface area contributed by atoms with E-state index in [2.05, 4.69) is 44.8 Å². The van der Waals surface area contributed by atoms with Gasteiger partial charge in [-0.15, -0.1) is 22.9 Å². The average molecular weight is 425 g/mol. The standard InChI is InChI=1S/C14H13Br2ClOS/c1-7-6-9(15)8(2)12(14(7)18-3)13(17)10-4-5-11(16)19-10/h4-6,13H,1-3H3. The number of methoxy groups -OCH3 is 1. The highest BCUT2D eigenvalue weighted by atomic mass is 79.9. The minimum atomic E-state index is -0.206. The lowest BCUT2D eigenvalue weighted by Crippen LogP contribution is -2.02. The zero-order valence-electron chi connectivity index (χ0n) is 10.8. The molecule has 1 nitrogen and oxygen atoms in total. The molecule has 102 valence electrons. The van der Waals surface area contributed by atoms with Gasteiger partial charge in [0.2, 0.25) is 0 Å². The minimum Gasteiger partial charge on any atom is -0.496 e. The summed E-state index contributed by atoms with van der Waals surface area (Å²) in [6.45, 7) is 4.08. The highest BCUT2D eigenvalue weighted by molar-refractivity contribution is 9.11. The zero-order valence-corrected chi connectivity index (χ0v) is 15.5. The first-order chi connectivity index (χ1) is 8.95. The Balaban J connectivity index is 2.60. The molecule has 0 aliphatic rings. The summed E-state index contributed by atoms with van der Waals surface area (Å²) in [5.41, 5.74) is 3.23. The van der Waals surface area contributed by atoms with Crippen molar-refractivity contribution in [2.24, 2.45) is 0 Å². The Labute approximate surface area is 139 Å². The lowest BCUT2D eigenvalue weighted by atomic mass is 10.00. The first kappa shape index (κ1) is 15.4. The molecule has 19 heavy (non-hydrogen) atoms. The van der Waals surface area contributed by atoms with Crippen LogP contribution in [-0.2, 0) is 0 Å². The predicted molar refractivity (Wildman–Crippen MR) is 89.9 cm³/mol. The van der Waals surface area contributed by atoms with E-state index in [4.69, 9.17) is 16.3 Å². The lowest BCUT2D eigenvalue weighted by molar-refractivity contribution is 0.406. The van der Waals surface area contributed by atoms with Crippen LogP contribution in [0.2, 0.25) is 0 Å². The molecule has 5 heteroatoms. The van der Waals surface area contributed by atoms with Gasteiger partial charge >= 0.3 is 0 Å². The summed E-state index contributed by atoms with van der Waals surface area (Å²) in [6, 6.07) is 6.12. The number of halogens is 3. The molecule has 0 aliphatic carbocycles. The zero-order chi connectivity index (χ0) is 14.2. The highest BCUT2D eigenvalue weighted by Crippen LogP contribution is 2.44. The Morgan fingerprint density at radius 1 is 1.26 bits per heavy atom. The van der Waals surface area contributed by atoms with Crippen molar-refractivity contribution in [3.8, 4) is 5.75 Å². The Morgan fingerprint density at radius 3 is 2.47 bits per heavy atom. The largest absolute Gasteiger partial charge is 0.496 e. The van der Waals surface area contributed by atoms with Gasteiger partial charge < -0.3 is 4.74 Å². The third kappa shape index (κ3) is 3.02. The number of hydrogen-bond acceptors (Lipinski definition) is 2. The van der Waals surface area contributed by atoms with Crippen LogP contribution in [0.5, 0.6) is 5.75 Å². The molecular weight excluding hydrogens is 411 g/mol. The van der Waals surface area contributed by atoms with E-state index < -0.39 is 0 Å². The van der Waals surface area contributed by atoms with Crippen LogP contribution in [0.4, 0.5) is 0 Å². The van der Waals surface area contributed by atoms with E-state index in [0.29, 0.717) is 0 Å². The number of hydrogen-bond donors (Lipinski definition) is 0. The van der Waals surface area contributed by atoms with Crippen LogP contribution in [0.3, 0.4) is 0 Å². The molecule has 0 radical (unpaired) electrons. The van der Waals surface area contributed by atoms with Crippen LogP contribution >= 0.6 is 54.8 Å². The van der Waals surface area contributed by atoms with Gasteiger partial charge in [0.1, 0.15) is 5.75 Å². The Hall–Kier alpha value is -0.0300. The fourth-order valence-corrected chi connectivity index (χ4v) is 4.50. The van der Waals surface area contributed by atoms with E-state index in [-0.39, 0.29) is 5.38 Å². The van der Waals surface area contributed by atoms with Crippen molar-refractivity contribution >= 4 is 54.8 Å². The Bertz CT molecular complexity index is 610. The van der Waals surface area contributed by atoms with Gasteiger partial charge in [-0.3, -0.25) is 0 Å². The molecule has 1 unspecified atom stereocenters. The number of thiophene rings is 1. The van der Waals surface area contributed by atoms with Gasteiger partial charge in [0, 0.05) is 14.9 Å². The monoisotopic (exact) mass is 422 g/mol. The van der Waals surface area contributed by atoms with Gasteiger partial charge in [-0.2, -0.15) is 0 Å². The SMILES string of the molecule is COc1c(C)cc(Br)c(C)c1C(Cl)c1ccc(Br)s1. The smallest absolute Gasteiger partial charge is 0.127 e. The van der Waals surface area contributed by atoms with Crippen molar-refractivity contribution in [3.05, 3.63) is 48.0 Å². The van der Waals surface area contributed by atoms with Gasteiger partial charge in [0.25, 0.3) is 0 Å². The Morgan fingerprint density at radius 2 is 1.95 bits per heavy atom. The van der Waals surface area contributed by atoms with Crippen molar-refractivity contribution in [2.75, 3.05) is 7.11 Å². The van der Waals surface area contributed by atoms with Gasteiger partial charge in [-0.25, -0.2) is 0 Å². The maximum atomic E-state index is 6.67. The second kappa shape index (κ2) is 6.17. The minimum absolute atomic E-state index is 0.206. The number of alkyl halides is 1. The molecule has 0 bridgehead atoms. The van der Waals surface area contributed by atoms with Crippen molar-refractivity contribution < 1.29 is 4.74 Å². The second-order valence-corrected chi connectivity index (χ2v) is 8.04. The molecule has 1 aromatic carbocycles. The van der Waals surface area contributed by atoms with Crippen LogP contribution in [-0.4, -0.2) is 7.11 Å². The molecule has 0 amide bonds. The number of rotatable bonds is 3. The summed E-state index contributed by atoms with van der Waals surface area (Å²) in [5, 5.41) is -0.206. The van der Waals surface area contributed by atoms with Gasteiger partial charge in [0.05, 0.1) is 16.3 Å². The third-order valence-electron chi connectivity index (χ3n) is 3.01. The van der Waals surface area contributed by atoms with Gasteiger partial charge in [0.15, 0.2) is 0 Å². The Kier molecular flexibility index (Phi) is 4.99. The van der Waals surface area contributed by atoms with Crippen molar-refractivity contribution in [1.82, 2.24) is 0 Å². The topological polar surface area (TPSA) is 9.23 Å². The van der Waals surface area contributed by atoms with Crippen LogP contribution in [0.15, 0.2) is 26.5 Å². The normalized spacial score (nSPS) is 12.5. The third-order valence-corrected chi connectivity index (χ3v) is 6.10. The molecule has 0 aliphatic heterocycles. The molecule has 1 atom stereocenters. The van der Waals surface area contributed by atoms with Crippen LogP contribution in [0.25, 0.3) is 0 Å². The van der Waals surface area contributed by atoms with Crippen molar-refractivity contribution in [1.29, 1.82) is 0 Å². The van der Waals surface area contributed by atoms with E-state index in [1.165, 1.54) is 0 Å². The number of benzene rings is 1. The summed E-state index contributed by atoms with van der Waals surface area (Å²) in [4.78, 5) is 1.10. The fourth-order valence-electron chi connectivity index (χ4n) is 2.06. The molecule has 2 aromatic rings. The molecule has 0 fully saturated rings. The molecule has 1 heterocycles. The molecule has 1 aromatic heterocycles. The highest BCUT2D eigenvalue weighted by Gasteiger charge is 2.22. The van der Waals surface area contributed by atoms with E-state index in [1.54, 1.807) is 18.4 Å². The molecule has 0 spiro atoms. The quantitative estimate of drug-likeness (QED) is 0.531. The van der Waals surface area contributed by atoms with Crippen molar-refractivity contribution in [2.45, 2.75) is 19.2 Å². The molecule has 0 N–H and O–H groups in total. The second-order valence-electron chi connectivity index (χ2n) is 4.25. The molecule has 2 rings (SSSR count). The first-order valence-corrected chi connectivity index (χ1v) is 8.52. The summed E-state index contributed by atoms with van der Waals surface area (Å²) >= 11 is 15.4. The van der Waals surface area contributed by atoms with E-state index >= 15 is 0 Å². The summed E-state index contributed by atoms with van der Waals surface area (Å²) in [7, 11) is 1.69. The lowest BCUT2D eigenvalue weighted by Gasteiger charge is -2.19. The van der Waals surface area contributed by atoms with Gasteiger partial charge in [-0.05, 0) is 59.1 Å². The first-order valence-electron chi connectivity index (χ1n) is 5.68. The maximum absolute atomic E-state index is 6.67. The number of ether oxygens (including phenoxy) is 1. The molecule has 0 saturated carbocycles. The van der Waals surface area contributed by atoms with Crippen LogP contribution in [0.1, 0.15) is 26.9 Å². The molecule has 0 saturated heterocycles. The molecular formula is C14H13Br2ClOS. The average Bonchev–Trinajstić information content (AvgIpc) is 2.79. The summed E-state index contributed by atoms with van der Waals surface area (Å²) in [6.07, 6.45) is 0. The van der Waals surface area contributed by atoms with Crippen LogP contribution in [0, 0.1) is 13.8 Å². The summed E-state index contributed by atoms with van der Waals surface area (Å²) < 4.78 is 7.69. The van der Waals surface area contributed by atoms with E-state index in [0.717, 1.165) is 35.6 Å². The summed E-state index contributed by atoms with van der Waals surface area (Å²) in [5.74, 6) is 0.866. The maximum Gasteiger partial charge on any atom is 0.127 e. The van der Waals surface area contributed by atoms with Crippen molar-refractivity contribution in [3.63, 3.8) is 0 Å². The van der Waals surface area contributed by atoms with E-state index in [9.17, 15) is 0 Å². The van der Waals surface area contributed by atoms with Gasteiger partial charge in [-0.1, -0.05) is 15.9 Å². The van der Waals surface area contributed by atoms with E-state index in [1.807, 2.05) is 19.1 Å².